The van der Waals surface area contributed by atoms with Crippen LogP contribution in [0, 0.1) is 0 Å². The van der Waals surface area contributed by atoms with Gasteiger partial charge < -0.3 is 34.5 Å². The molecule has 334 valence electrons. The van der Waals surface area contributed by atoms with Gasteiger partial charge in [-0.15, -0.1) is 0 Å². The normalized spacial score (nSPS) is 19.6. The third kappa shape index (κ3) is 7.46. The fourth-order valence-electron chi connectivity index (χ4n) is 10.2. The van der Waals surface area contributed by atoms with E-state index in [2.05, 4.69) is 46.6 Å². The summed E-state index contributed by atoms with van der Waals surface area (Å²) in [6.07, 6.45) is -1.17. The lowest BCUT2D eigenvalue weighted by atomic mass is 9.64. The van der Waals surface area contributed by atoms with E-state index in [9.17, 15) is 10.2 Å². The topological polar surface area (TPSA) is 136 Å². The molecule has 4 heterocycles. The molecule has 0 radical (unpaired) electrons. The van der Waals surface area contributed by atoms with Gasteiger partial charge in [0.15, 0.2) is 23.2 Å². The molecule has 12 nitrogen and oxygen atoms in total. The number of anilines is 1. The van der Waals surface area contributed by atoms with E-state index in [0.717, 1.165) is 39.1 Å². The van der Waals surface area contributed by atoms with Crippen molar-refractivity contribution in [3.63, 3.8) is 0 Å². The molecule has 2 saturated heterocycles. The molecule has 0 amide bonds. The van der Waals surface area contributed by atoms with Crippen LogP contribution in [-0.4, -0.2) is 99.5 Å². The van der Waals surface area contributed by atoms with E-state index in [1.807, 2.05) is 138 Å². The first-order valence-electron chi connectivity index (χ1n) is 22.3. The molecule has 5 atom stereocenters. The highest BCUT2D eigenvalue weighted by Gasteiger charge is 2.57. The molecule has 8 aromatic rings. The van der Waals surface area contributed by atoms with Gasteiger partial charge >= 0.3 is 0 Å². The van der Waals surface area contributed by atoms with Gasteiger partial charge in [-0.05, 0) is 57.6 Å². The number of methoxy groups -OCH3 is 2. The number of fused-ring (bicyclic) bond motifs is 1. The third-order valence-corrected chi connectivity index (χ3v) is 13.4. The molecule has 2 fully saturated rings. The summed E-state index contributed by atoms with van der Waals surface area (Å²) in [7, 11) is 3.29. The van der Waals surface area contributed by atoms with Crippen molar-refractivity contribution in [3.8, 4) is 11.5 Å². The number of aromatic nitrogens is 4. The van der Waals surface area contributed by atoms with Crippen LogP contribution in [0.15, 0.2) is 183 Å². The van der Waals surface area contributed by atoms with Crippen molar-refractivity contribution in [2.75, 3.05) is 45.8 Å². The highest BCUT2D eigenvalue weighted by atomic mass is 16.5. The number of imidazole rings is 1. The molecule has 3 N–H and O–H groups in total. The summed E-state index contributed by atoms with van der Waals surface area (Å²) in [6, 6.07) is 55.6. The molecule has 1 unspecified atom stereocenters. The highest BCUT2D eigenvalue weighted by Crippen LogP contribution is 2.49. The monoisotopic (exact) mass is 880 g/mol. The van der Waals surface area contributed by atoms with E-state index >= 15 is 0 Å². The SMILES string of the molecule is COc1ccc(C(Nc2ncnc3c2ncn3[C@@H]2O[C@H](C(O)C(c3ccccc3)(c3ccccc3)c3ccc(OC)cc3)[C@@H](O)[C@H]2N2CCOCC2)(c2ccccc2)c2ccccc2)cc1. The third-order valence-electron chi connectivity index (χ3n) is 13.4. The lowest BCUT2D eigenvalue weighted by molar-refractivity contribution is -0.0972. The lowest BCUT2D eigenvalue weighted by Crippen LogP contribution is -2.55. The van der Waals surface area contributed by atoms with Crippen LogP contribution in [-0.2, 0) is 20.4 Å². The van der Waals surface area contributed by atoms with Gasteiger partial charge in [0.05, 0.1) is 45.2 Å². The average molecular weight is 881 g/mol. The van der Waals surface area contributed by atoms with Crippen LogP contribution >= 0.6 is 0 Å². The first kappa shape index (κ1) is 43.0. The van der Waals surface area contributed by atoms with Crippen LogP contribution in [0.2, 0.25) is 0 Å². The van der Waals surface area contributed by atoms with Crippen molar-refractivity contribution in [2.45, 2.75) is 41.5 Å². The number of nitrogens with one attached hydrogen (secondary N) is 1. The van der Waals surface area contributed by atoms with E-state index in [0.29, 0.717) is 49.0 Å². The van der Waals surface area contributed by atoms with Crippen molar-refractivity contribution in [3.05, 3.63) is 216 Å². The predicted octanol–water partition coefficient (Wildman–Crippen LogP) is 7.60. The number of nitrogens with zero attached hydrogens (tertiary/aromatic N) is 5. The zero-order chi connectivity index (χ0) is 45.1. The summed E-state index contributed by atoms with van der Waals surface area (Å²) in [4.78, 5) is 16.9. The first-order valence-corrected chi connectivity index (χ1v) is 22.3. The molecular formula is C54H52N6O6. The van der Waals surface area contributed by atoms with E-state index in [1.165, 1.54) is 6.33 Å². The van der Waals surface area contributed by atoms with Crippen LogP contribution in [0.25, 0.3) is 11.2 Å². The summed E-state index contributed by atoms with van der Waals surface area (Å²) in [5.41, 5.74) is 4.27. The van der Waals surface area contributed by atoms with E-state index < -0.39 is 41.5 Å². The standard InChI is InChI=1S/C54H52N6O6/c1-63-43-27-23-39(24-28-43)53(37-15-7-3-8-16-37,38-17-9-4-10-18-38)49(62)48-47(61)46(59-31-33-65-34-32-59)52(66-48)60-36-57-45-50(55-35-56-51(45)60)58-54(40-19-11-5-12-20-40,41-21-13-6-14-22-41)42-25-29-44(64-2)30-26-42/h3-30,35-36,46-49,52,61-62H,31-34H2,1-2H3,(H,55,56,58)/t46-,47+,48+,49?,52-/m1/s1. The Kier molecular flexibility index (Phi) is 12.1. The number of rotatable bonds is 14. The van der Waals surface area contributed by atoms with Gasteiger partial charge in [-0.3, -0.25) is 9.47 Å². The molecule has 2 aliphatic rings. The molecular weight excluding hydrogens is 829 g/mol. The Bertz CT molecular complexity index is 2750. The van der Waals surface area contributed by atoms with Crippen LogP contribution in [0.1, 0.15) is 39.6 Å². The number of hydrogen-bond acceptors (Lipinski definition) is 11. The molecule has 10 rings (SSSR count). The summed E-state index contributed by atoms with van der Waals surface area (Å²) < 4.78 is 26.0. The minimum absolute atomic E-state index is 0.486. The van der Waals surface area contributed by atoms with Crippen molar-refractivity contribution < 1.29 is 29.2 Å². The summed E-state index contributed by atoms with van der Waals surface area (Å²) in [5, 5.41) is 30.1. The number of aliphatic hydroxyl groups excluding tert-OH is 2. The van der Waals surface area contributed by atoms with Crippen molar-refractivity contribution >= 4 is 17.0 Å². The minimum atomic E-state index is -1.30. The maximum Gasteiger partial charge on any atom is 0.167 e. The number of morpholine rings is 1. The summed E-state index contributed by atoms with van der Waals surface area (Å²) in [6.45, 7) is 2.08. The van der Waals surface area contributed by atoms with Gasteiger partial charge in [-0.2, -0.15) is 0 Å². The Hall–Kier alpha value is -6.93. The Morgan fingerprint density at radius 2 is 1.09 bits per heavy atom. The van der Waals surface area contributed by atoms with Gasteiger partial charge in [-0.25, -0.2) is 15.0 Å². The Morgan fingerprint density at radius 1 is 0.621 bits per heavy atom. The van der Waals surface area contributed by atoms with Crippen LogP contribution in [0.3, 0.4) is 0 Å². The van der Waals surface area contributed by atoms with Crippen LogP contribution in [0.5, 0.6) is 11.5 Å². The van der Waals surface area contributed by atoms with E-state index in [-0.39, 0.29) is 0 Å². The average Bonchev–Trinajstić information content (AvgIpc) is 3.98. The fraction of sp³-hybridized carbons (Fsp3) is 0.241. The van der Waals surface area contributed by atoms with Crippen LogP contribution in [0.4, 0.5) is 5.82 Å². The molecule has 0 aliphatic carbocycles. The van der Waals surface area contributed by atoms with Gasteiger partial charge in [-0.1, -0.05) is 146 Å². The quantitative estimate of drug-likeness (QED) is 0.0933. The molecule has 0 spiro atoms. The molecule has 6 aromatic carbocycles. The molecule has 2 aliphatic heterocycles. The molecule has 0 saturated carbocycles. The molecule has 2 aromatic heterocycles. The van der Waals surface area contributed by atoms with Crippen molar-refractivity contribution in [2.24, 2.45) is 0 Å². The fourth-order valence-corrected chi connectivity index (χ4v) is 10.2. The second kappa shape index (κ2) is 18.5. The molecule has 66 heavy (non-hydrogen) atoms. The lowest BCUT2D eigenvalue weighted by Gasteiger charge is -2.43. The summed E-state index contributed by atoms with van der Waals surface area (Å²) >= 11 is 0. The highest BCUT2D eigenvalue weighted by molar-refractivity contribution is 5.84. The first-order chi connectivity index (χ1) is 32.5. The Morgan fingerprint density at radius 3 is 1.61 bits per heavy atom. The van der Waals surface area contributed by atoms with Crippen molar-refractivity contribution in [1.29, 1.82) is 0 Å². The number of ether oxygens (including phenoxy) is 4. The van der Waals surface area contributed by atoms with E-state index in [4.69, 9.17) is 33.9 Å². The zero-order valence-electron chi connectivity index (χ0n) is 36.8. The number of aliphatic hydroxyl groups is 2. The van der Waals surface area contributed by atoms with Crippen molar-refractivity contribution in [1.82, 2.24) is 24.4 Å². The Balaban J connectivity index is 1.11. The Labute approximate surface area is 384 Å². The number of benzene rings is 6. The second-order valence-corrected chi connectivity index (χ2v) is 16.7. The van der Waals surface area contributed by atoms with E-state index in [1.54, 1.807) is 20.5 Å². The zero-order valence-corrected chi connectivity index (χ0v) is 36.8. The van der Waals surface area contributed by atoms with Gasteiger partial charge in [0.2, 0.25) is 0 Å². The summed E-state index contributed by atoms with van der Waals surface area (Å²) in [5.74, 6) is 1.92. The van der Waals surface area contributed by atoms with Crippen LogP contribution < -0.4 is 14.8 Å². The van der Waals surface area contributed by atoms with Gasteiger partial charge in [0, 0.05) is 13.1 Å². The largest absolute Gasteiger partial charge is 0.497 e. The van der Waals surface area contributed by atoms with Gasteiger partial charge in [0.1, 0.15) is 41.7 Å². The van der Waals surface area contributed by atoms with Gasteiger partial charge in [0.25, 0.3) is 0 Å². The maximum absolute atomic E-state index is 13.4. The molecule has 12 heteroatoms. The number of hydrogen-bond donors (Lipinski definition) is 3. The molecule has 0 bridgehead atoms. The smallest absolute Gasteiger partial charge is 0.167 e. The maximum atomic E-state index is 13.4. The second-order valence-electron chi connectivity index (χ2n) is 16.7. The predicted molar refractivity (Wildman–Crippen MR) is 253 cm³/mol. The minimum Gasteiger partial charge on any atom is -0.497 e.